The highest BCUT2D eigenvalue weighted by atomic mass is 79.9. The molecular weight excluding hydrogens is 272 g/mol. The summed E-state index contributed by atoms with van der Waals surface area (Å²) in [7, 11) is 0. The van der Waals surface area contributed by atoms with Crippen LogP contribution in [0.25, 0.3) is 0 Å². The van der Waals surface area contributed by atoms with Crippen LogP contribution in [0.3, 0.4) is 0 Å². The molecule has 16 heavy (non-hydrogen) atoms. The molecule has 0 unspecified atom stereocenters. The molecule has 4 nitrogen and oxygen atoms in total. The van der Waals surface area contributed by atoms with Crippen molar-refractivity contribution in [1.29, 1.82) is 0 Å². The average molecular weight is 289 g/mol. The van der Waals surface area contributed by atoms with Crippen molar-refractivity contribution in [1.82, 2.24) is 0 Å². The first-order valence-electron chi connectivity index (χ1n) is 5.03. The molecule has 0 saturated carbocycles. The third-order valence-corrected chi connectivity index (χ3v) is 2.91. The number of aliphatic hydroxyl groups excluding tert-OH is 2. The molecule has 0 saturated heterocycles. The van der Waals surface area contributed by atoms with Crippen LogP contribution in [-0.2, 0) is 6.54 Å². The van der Waals surface area contributed by atoms with Gasteiger partial charge >= 0.3 is 0 Å². The zero-order valence-electron chi connectivity index (χ0n) is 9.20. The Balaban J connectivity index is 2.96. The van der Waals surface area contributed by atoms with Crippen LogP contribution in [0, 0.1) is 0 Å². The number of anilines is 1. The SMILES string of the molecule is CC(CO)(CO)Nc1ccc(Br)cc1CN. The smallest absolute Gasteiger partial charge is 0.0806 e. The Hall–Kier alpha value is -0.620. The van der Waals surface area contributed by atoms with Crippen molar-refractivity contribution in [3.8, 4) is 0 Å². The summed E-state index contributed by atoms with van der Waals surface area (Å²) in [5.41, 5.74) is 6.66. The fraction of sp³-hybridized carbons (Fsp3) is 0.455. The quantitative estimate of drug-likeness (QED) is 0.653. The summed E-state index contributed by atoms with van der Waals surface area (Å²) < 4.78 is 0.952. The van der Waals surface area contributed by atoms with Gasteiger partial charge in [0.2, 0.25) is 0 Å². The van der Waals surface area contributed by atoms with Crippen molar-refractivity contribution in [3.05, 3.63) is 28.2 Å². The van der Waals surface area contributed by atoms with Crippen LogP contribution in [0.2, 0.25) is 0 Å². The highest BCUT2D eigenvalue weighted by Gasteiger charge is 2.22. The van der Waals surface area contributed by atoms with Gasteiger partial charge in [-0.3, -0.25) is 0 Å². The van der Waals surface area contributed by atoms with Crippen LogP contribution in [0.5, 0.6) is 0 Å². The number of nitrogens with two attached hydrogens (primary N) is 1. The van der Waals surface area contributed by atoms with Crippen molar-refractivity contribution in [2.75, 3.05) is 18.5 Å². The summed E-state index contributed by atoms with van der Waals surface area (Å²) in [6.07, 6.45) is 0. The van der Waals surface area contributed by atoms with Gasteiger partial charge in [-0.2, -0.15) is 0 Å². The standard InChI is InChI=1S/C11H17BrN2O2/c1-11(6-15,7-16)14-10-3-2-9(12)4-8(10)5-13/h2-4,14-16H,5-7,13H2,1H3. The predicted molar refractivity (Wildman–Crippen MR) is 68.2 cm³/mol. The lowest BCUT2D eigenvalue weighted by Gasteiger charge is -2.28. The van der Waals surface area contributed by atoms with E-state index in [1.54, 1.807) is 6.92 Å². The number of hydrogen-bond acceptors (Lipinski definition) is 4. The Morgan fingerprint density at radius 1 is 1.38 bits per heavy atom. The van der Waals surface area contributed by atoms with Gasteiger partial charge in [-0.25, -0.2) is 0 Å². The number of aliphatic hydroxyl groups is 2. The summed E-state index contributed by atoms with van der Waals surface area (Å²) in [6, 6.07) is 5.67. The Morgan fingerprint density at radius 3 is 2.50 bits per heavy atom. The first-order valence-corrected chi connectivity index (χ1v) is 5.82. The van der Waals surface area contributed by atoms with Gasteiger partial charge in [0, 0.05) is 16.7 Å². The third kappa shape index (κ3) is 3.18. The molecule has 1 aromatic rings. The van der Waals surface area contributed by atoms with E-state index in [0.29, 0.717) is 6.54 Å². The van der Waals surface area contributed by atoms with Gasteiger partial charge in [0.15, 0.2) is 0 Å². The molecule has 5 heteroatoms. The molecule has 0 aliphatic carbocycles. The third-order valence-electron chi connectivity index (χ3n) is 2.42. The Bertz CT molecular complexity index is 354. The zero-order valence-corrected chi connectivity index (χ0v) is 10.8. The maximum Gasteiger partial charge on any atom is 0.0806 e. The first-order chi connectivity index (χ1) is 7.54. The van der Waals surface area contributed by atoms with Crippen LogP contribution in [0.15, 0.2) is 22.7 Å². The fourth-order valence-electron chi connectivity index (χ4n) is 1.31. The minimum atomic E-state index is -0.738. The van der Waals surface area contributed by atoms with Crippen molar-refractivity contribution >= 4 is 21.6 Å². The molecule has 1 rings (SSSR count). The van der Waals surface area contributed by atoms with Gasteiger partial charge in [-0.05, 0) is 30.7 Å². The van der Waals surface area contributed by atoms with Crippen LogP contribution in [0.4, 0.5) is 5.69 Å². The summed E-state index contributed by atoms with van der Waals surface area (Å²) in [5.74, 6) is 0. The zero-order chi connectivity index (χ0) is 12.2. The molecule has 0 spiro atoms. The highest BCUT2D eigenvalue weighted by molar-refractivity contribution is 9.10. The summed E-state index contributed by atoms with van der Waals surface area (Å²) in [5, 5.41) is 21.5. The Morgan fingerprint density at radius 2 is 2.00 bits per heavy atom. The minimum absolute atomic E-state index is 0.149. The van der Waals surface area contributed by atoms with E-state index < -0.39 is 5.54 Å². The average Bonchev–Trinajstić information content (AvgIpc) is 2.31. The van der Waals surface area contributed by atoms with Gasteiger partial charge in [0.05, 0.1) is 18.8 Å². The molecule has 0 bridgehead atoms. The first kappa shape index (κ1) is 13.4. The van der Waals surface area contributed by atoms with Gasteiger partial charge in [-0.15, -0.1) is 0 Å². The number of hydrogen-bond donors (Lipinski definition) is 4. The number of benzene rings is 1. The number of nitrogens with one attached hydrogen (secondary N) is 1. The molecule has 0 heterocycles. The second-order valence-corrected chi connectivity index (χ2v) is 4.92. The van der Waals surface area contributed by atoms with E-state index in [0.717, 1.165) is 15.7 Å². The van der Waals surface area contributed by atoms with E-state index in [4.69, 9.17) is 5.73 Å². The van der Waals surface area contributed by atoms with Crippen molar-refractivity contribution in [2.24, 2.45) is 5.73 Å². The lowest BCUT2D eigenvalue weighted by molar-refractivity contribution is 0.147. The predicted octanol–water partition coefficient (Wildman–Crippen LogP) is 1.06. The maximum absolute atomic E-state index is 9.20. The molecule has 90 valence electrons. The number of halogens is 1. The van der Waals surface area contributed by atoms with Gasteiger partial charge in [0.25, 0.3) is 0 Å². The van der Waals surface area contributed by atoms with Gasteiger partial charge in [-0.1, -0.05) is 15.9 Å². The summed E-state index contributed by atoms with van der Waals surface area (Å²) >= 11 is 3.37. The normalized spacial score (nSPS) is 11.6. The van der Waals surface area contributed by atoms with E-state index >= 15 is 0 Å². The largest absolute Gasteiger partial charge is 0.394 e. The van der Waals surface area contributed by atoms with Crippen molar-refractivity contribution in [2.45, 2.75) is 19.0 Å². The molecule has 0 radical (unpaired) electrons. The molecule has 0 atom stereocenters. The second-order valence-electron chi connectivity index (χ2n) is 4.01. The highest BCUT2D eigenvalue weighted by Crippen LogP contribution is 2.23. The summed E-state index contributed by atoms with van der Waals surface area (Å²) in [6.45, 7) is 1.84. The number of rotatable bonds is 5. The second kappa shape index (κ2) is 5.63. The lowest BCUT2D eigenvalue weighted by atomic mass is 10.0. The fourth-order valence-corrected chi connectivity index (χ4v) is 1.72. The van der Waals surface area contributed by atoms with E-state index in [2.05, 4.69) is 21.2 Å². The Kier molecular flexibility index (Phi) is 4.73. The van der Waals surface area contributed by atoms with Crippen LogP contribution in [-0.4, -0.2) is 29.0 Å². The molecular formula is C11H17BrN2O2. The van der Waals surface area contributed by atoms with E-state index in [1.165, 1.54) is 0 Å². The molecule has 0 aromatic heterocycles. The van der Waals surface area contributed by atoms with Crippen LogP contribution >= 0.6 is 15.9 Å². The summed E-state index contributed by atoms with van der Waals surface area (Å²) in [4.78, 5) is 0. The Labute approximate surface area is 104 Å². The minimum Gasteiger partial charge on any atom is -0.394 e. The molecule has 0 fully saturated rings. The molecule has 1 aromatic carbocycles. The van der Waals surface area contributed by atoms with Crippen LogP contribution in [0.1, 0.15) is 12.5 Å². The molecule has 0 aliphatic heterocycles. The lowest BCUT2D eigenvalue weighted by Crippen LogP contribution is -2.42. The van der Waals surface area contributed by atoms with Crippen molar-refractivity contribution in [3.63, 3.8) is 0 Å². The van der Waals surface area contributed by atoms with Crippen LogP contribution < -0.4 is 11.1 Å². The maximum atomic E-state index is 9.20. The topological polar surface area (TPSA) is 78.5 Å². The van der Waals surface area contributed by atoms with E-state index in [-0.39, 0.29) is 13.2 Å². The van der Waals surface area contributed by atoms with E-state index in [1.807, 2.05) is 18.2 Å². The van der Waals surface area contributed by atoms with Gasteiger partial charge < -0.3 is 21.3 Å². The monoisotopic (exact) mass is 288 g/mol. The van der Waals surface area contributed by atoms with E-state index in [9.17, 15) is 10.2 Å². The molecule has 0 amide bonds. The van der Waals surface area contributed by atoms with Crippen molar-refractivity contribution < 1.29 is 10.2 Å². The molecule has 0 aliphatic rings. The van der Waals surface area contributed by atoms with Gasteiger partial charge in [0.1, 0.15) is 0 Å². The molecule has 5 N–H and O–H groups in total.